The number of thioether (sulfide) groups is 1. The first kappa shape index (κ1) is 27.5. The number of carbonyl (C=O) groups excluding carboxylic acids is 3. The quantitative estimate of drug-likeness (QED) is 0.364. The summed E-state index contributed by atoms with van der Waals surface area (Å²) in [6.45, 7) is 11.0. The monoisotopic (exact) mass is 554 g/mol. The van der Waals surface area contributed by atoms with Crippen molar-refractivity contribution in [3.63, 3.8) is 0 Å². The first-order valence-corrected chi connectivity index (χ1v) is 14.7. The molecule has 4 heterocycles. The molecule has 4 N–H and O–H groups in total. The van der Waals surface area contributed by atoms with E-state index in [1.807, 2.05) is 13.0 Å². The number of urea groups is 1. The number of nitrogens with one attached hydrogen (secondary N) is 4. The first-order chi connectivity index (χ1) is 18.8. The van der Waals surface area contributed by atoms with Gasteiger partial charge in [0.05, 0.1) is 34.8 Å². The highest BCUT2D eigenvalue weighted by molar-refractivity contribution is 8.04. The fourth-order valence-corrected chi connectivity index (χ4v) is 7.36. The van der Waals surface area contributed by atoms with Crippen LogP contribution in [0.1, 0.15) is 51.5 Å². The van der Waals surface area contributed by atoms with E-state index in [1.54, 1.807) is 11.1 Å². The molecule has 1 saturated carbocycles. The second-order valence-electron chi connectivity index (χ2n) is 11.1. The zero-order chi connectivity index (χ0) is 27.7. The van der Waals surface area contributed by atoms with E-state index in [2.05, 4.69) is 46.7 Å². The lowest BCUT2D eigenvalue weighted by Crippen LogP contribution is -2.62. The summed E-state index contributed by atoms with van der Waals surface area (Å²) in [5.41, 5.74) is 2.35. The molecule has 5 rings (SSSR count). The van der Waals surface area contributed by atoms with Crippen LogP contribution in [-0.4, -0.2) is 59.5 Å². The summed E-state index contributed by atoms with van der Waals surface area (Å²) in [5, 5.41) is 12.7. The highest BCUT2D eigenvalue weighted by Crippen LogP contribution is 2.48. The molecule has 5 atom stereocenters. The molecule has 4 aliphatic rings. The van der Waals surface area contributed by atoms with Crippen molar-refractivity contribution in [2.24, 2.45) is 11.8 Å². The topological polar surface area (TPSA) is 125 Å². The summed E-state index contributed by atoms with van der Waals surface area (Å²) < 4.78 is 5.78. The average Bonchev–Trinajstić information content (AvgIpc) is 3.29. The third-order valence-electron chi connectivity index (χ3n) is 7.83. The maximum Gasteiger partial charge on any atom is 0.326 e. The van der Waals surface area contributed by atoms with Gasteiger partial charge in [0.25, 0.3) is 5.91 Å². The van der Waals surface area contributed by atoms with Crippen molar-refractivity contribution in [2.45, 2.75) is 76.4 Å². The number of nitrogens with zero attached hydrogens (tertiary/aromatic N) is 2. The van der Waals surface area contributed by atoms with Crippen molar-refractivity contribution < 1.29 is 19.1 Å². The molecule has 10 nitrogen and oxygen atoms in total. The molecule has 0 aromatic carbocycles. The molecule has 1 aromatic heterocycles. The maximum atomic E-state index is 13.6. The number of aryl methyl sites for hydroxylation is 1. The normalized spacial score (nSPS) is 28.1. The molecule has 2 saturated heterocycles. The Morgan fingerprint density at radius 1 is 1.26 bits per heavy atom. The van der Waals surface area contributed by atoms with Gasteiger partial charge in [-0.2, -0.15) is 0 Å². The number of amides is 4. The van der Waals surface area contributed by atoms with E-state index in [9.17, 15) is 14.4 Å². The van der Waals surface area contributed by atoms with Crippen molar-refractivity contribution >= 4 is 35.3 Å². The molecule has 4 amide bonds. The number of pyridine rings is 1. The largest absolute Gasteiger partial charge is 0.477 e. The van der Waals surface area contributed by atoms with Crippen molar-refractivity contribution in [3.05, 3.63) is 41.1 Å². The Kier molecular flexibility index (Phi) is 8.18. The molecule has 1 aromatic rings. The first-order valence-electron chi connectivity index (χ1n) is 13.8. The number of aromatic nitrogens is 1. The Morgan fingerprint density at radius 3 is 2.69 bits per heavy atom. The second-order valence-corrected chi connectivity index (χ2v) is 12.3. The van der Waals surface area contributed by atoms with Crippen LogP contribution < -0.4 is 30.9 Å². The lowest BCUT2D eigenvalue weighted by atomic mass is 9.86. The highest BCUT2D eigenvalue weighted by Gasteiger charge is 2.52. The fraction of sp³-hybridized carbons (Fsp3) is 0.571. The van der Waals surface area contributed by atoms with Gasteiger partial charge in [-0.05, 0) is 50.3 Å². The van der Waals surface area contributed by atoms with E-state index in [0.717, 1.165) is 49.9 Å². The smallest absolute Gasteiger partial charge is 0.326 e. The van der Waals surface area contributed by atoms with Crippen LogP contribution in [0.25, 0.3) is 0 Å². The molecular formula is C28H38N6O4S. The number of hydrogen-bond donors (Lipinski definition) is 4. The van der Waals surface area contributed by atoms with Gasteiger partial charge >= 0.3 is 6.03 Å². The van der Waals surface area contributed by atoms with Gasteiger partial charge in [0.2, 0.25) is 11.8 Å². The summed E-state index contributed by atoms with van der Waals surface area (Å²) in [7, 11) is 0. The molecule has 0 radical (unpaired) electrons. The summed E-state index contributed by atoms with van der Waals surface area (Å²) in [4.78, 5) is 45.9. The molecule has 4 unspecified atom stereocenters. The molecule has 0 bridgehead atoms. The van der Waals surface area contributed by atoms with E-state index in [4.69, 9.17) is 4.74 Å². The Bertz CT molecular complexity index is 1190. The molecule has 0 spiro atoms. The summed E-state index contributed by atoms with van der Waals surface area (Å²) in [6, 6.07) is 1.21. The van der Waals surface area contributed by atoms with Crippen molar-refractivity contribution in [1.29, 1.82) is 0 Å². The molecule has 3 fully saturated rings. The number of hydrogen-bond acceptors (Lipinski definition) is 7. The number of ether oxygens (including phenoxy) is 1. The van der Waals surface area contributed by atoms with Gasteiger partial charge in [-0.25, -0.2) is 9.78 Å². The minimum absolute atomic E-state index is 0.0212. The van der Waals surface area contributed by atoms with Crippen molar-refractivity contribution in [1.82, 2.24) is 26.3 Å². The van der Waals surface area contributed by atoms with E-state index in [-0.39, 0.29) is 47.3 Å². The van der Waals surface area contributed by atoms with Gasteiger partial charge in [-0.15, -0.1) is 0 Å². The number of anilines is 1. The van der Waals surface area contributed by atoms with Crippen LogP contribution >= 0.6 is 11.8 Å². The third-order valence-corrected chi connectivity index (χ3v) is 9.18. The maximum absolute atomic E-state index is 13.6. The Morgan fingerprint density at radius 2 is 2.00 bits per heavy atom. The van der Waals surface area contributed by atoms with E-state index in [1.165, 1.54) is 17.8 Å². The molecule has 3 aliphatic heterocycles. The average molecular weight is 555 g/mol. The standard InChI is InChI=1S/C28H38N6O4S/c1-5-21(35)31-17-8-6-7-9-18(17)32-26(36)25-24-23-19(10-11-29-27(23)39-25)34(28(37)33-24)20-13-30-22(12-16(20)4)38-14-15(2)3/h5,12-13,15,17-19,23,27,29H,1,6-11,14H2,2-4H3,(H,31,35)(H,32,36)(H,33,37)/t17?,18-,19?,23?,27?/m1/s1. The Balaban J connectivity index is 1.36. The molecule has 1 aliphatic carbocycles. The highest BCUT2D eigenvalue weighted by atomic mass is 32.2. The predicted octanol–water partition coefficient (Wildman–Crippen LogP) is 2.95. The second kappa shape index (κ2) is 11.6. The van der Waals surface area contributed by atoms with Crippen LogP contribution in [0.15, 0.2) is 35.5 Å². The van der Waals surface area contributed by atoms with Gasteiger partial charge in [0.1, 0.15) is 0 Å². The number of carbonyl (C=O) groups is 3. The van der Waals surface area contributed by atoms with Crippen LogP contribution in [-0.2, 0) is 9.59 Å². The Hall–Kier alpha value is -3.05. The minimum atomic E-state index is -0.255. The van der Waals surface area contributed by atoms with E-state index in [0.29, 0.717) is 29.0 Å². The minimum Gasteiger partial charge on any atom is -0.477 e. The fourth-order valence-electron chi connectivity index (χ4n) is 5.96. The predicted molar refractivity (Wildman–Crippen MR) is 151 cm³/mol. The van der Waals surface area contributed by atoms with Gasteiger partial charge in [-0.3, -0.25) is 14.5 Å². The van der Waals surface area contributed by atoms with Gasteiger partial charge in [0.15, 0.2) is 0 Å². The molecule has 39 heavy (non-hydrogen) atoms. The SMILES string of the molecule is C=CC(=O)NC1CCCC[C@H]1NC(=O)C1=C2NC(=O)N(c3cnc(OCC(C)C)cc3C)C3CCNC(S1)C23. The summed E-state index contributed by atoms with van der Waals surface area (Å²) >= 11 is 1.48. The Labute approximate surface area is 233 Å². The number of rotatable bonds is 8. The van der Waals surface area contributed by atoms with Crippen molar-refractivity contribution in [3.8, 4) is 5.88 Å². The molecule has 11 heteroatoms. The lowest BCUT2D eigenvalue weighted by Gasteiger charge is -2.46. The van der Waals surface area contributed by atoms with Crippen LogP contribution in [0.5, 0.6) is 5.88 Å². The van der Waals surface area contributed by atoms with Crippen LogP contribution in [0.2, 0.25) is 0 Å². The van der Waals surface area contributed by atoms with Crippen LogP contribution in [0.3, 0.4) is 0 Å². The van der Waals surface area contributed by atoms with Gasteiger partial charge in [-0.1, -0.05) is 45.0 Å². The van der Waals surface area contributed by atoms with Crippen LogP contribution in [0, 0.1) is 18.8 Å². The third kappa shape index (κ3) is 5.65. The van der Waals surface area contributed by atoms with Gasteiger partial charge in [0, 0.05) is 29.8 Å². The summed E-state index contributed by atoms with van der Waals surface area (Å²) in [5.74, 6) is 0.443. The molecule has 210 valence electrons. The molecular weight excluding hydrogens is 516 g/mol. The van der Waals surface area contributed by atoms with Gasteiger partial charge < -0.3 is 26.0 Å². The number of piperidine rings is 1. The zero-order valence-electron chi connectivity index (χ0n) is 22.8. The zero-order valence-corrected chi connectivity index (χ0v) is 23.6. The van der Waals surface area contributed by atoms with Crippen LogP contribution in [0.4, 0.5) is 10.5 Å². The van der Waals surface area contributed by atoms with E-state index >= 15 is 0 Å². The van der Waals surface area contributed by atoms with E-state index < -0.39 is 0 Å². The summed E-state index contributed by atoms with van der Waals surface area (Å²) in [6.07, 6.45) is 7.31. The lowest BCUT2D eigenvalue weighted by molar-refractivity contribution is -0.120. The van der Waals surface area contributed by atoms with Crippen molar-refractivity contribution in [2.75, 3.05) is 18.1 Å².